The molecule has 0 saturated carbocycles. The second kappa shape index (κ2) is 6.01. The van der Waals surface area contributed by atoms with Gasteiger partial charge in [-0.3, -0.25) is 4.31 Å². The molecule has 0 unspecified atom stereocenters. The standard InChI is InChI=1S/C13H15ClINO2S/c1-19(17,18)16(11-6-4-5-10(14)9-11)13-8-3-2-7-12(13)15/h2-3,7-9,11H,4-6H2,1H3/t11-/m0/s1. The molecule has 0 saturated heterocycles. The highest BCUT2D eigenvalue weighted by Crippen LogP contribution is 2.32. The normalized spacial score (nSPS) is 19.9. The van der Waals surface area contributed by atoms with Crippen molar-refractivity contribution in [3.63, 3.8) is 0 Å². The number of allylic oxidation sites excluding steroid dienone is 1. The van der Waals surface area contributed by atoms with Crippen LogP contribution in [0.1, 0.15) is 19.3 Å². The maximum atomic E-state index is 12.1. The Morgan fingerprint density at radius 2 is 2.05 bits per heavy atom. The Balaban J connectivity index is 2.49. The van der Waals surface area contributed by atoms with Crippen LogP contribution in [0.5, 0.6) is 0 Å². The molecule has 1 aliphatic rings. The minimum atomic E-state index is -3.34. The van der Waals surface area contributed by atoms with Crippen molar-refractivity contribution in [1.29, 1.82) is 0 Å². The minimum absolute atomic E-state index is 0.188. The first-order valence-corrected chi connectivity index (χ1v) is 9.30. The van der Waals surface area contributed by atoms with Crippen molar-refractivity contribution in [3.8, 4) is 0 Å². The van der Waals surface area contributed by atoms with Crippen LogP contribution in [0.25, 0.3) is 0 Å². The van der Waals surface area contributed by atoms with Crippen LogP contribution < -0.4 is 4.31 Å². The molecule has 0 spiro atoms. The second-order valence-electron chi connectivity index (χ2n) is 4.58. The SMILES string of the molecule is CS(=O)(=O)N(c1ccccc1I)[C@@H]1C=C(Cl)CCC1. The van der Waals surface area contributed by atoms with Crippen molar-refractivity contribution in [2.45, 2.75) is 25.3 Å². The molecule has 1 atom stereocenters. The summed E-state index contributed by atoms with van der Waals surface area (Å²) in [5.41, 5.74) is 0.721. The van der Waals surface area contributed by atoms with Gasteiger partial charge in [-0.15, -0.1) is 0 Å². The molecule has 3 nitrogen and oxygen atoms in total. The van der Waals surface area contributed by atoms with Gasteiger partial charge in [-0.2, -0.15) is 0 Å². The topological polar surface area (TPSA) is 37.4 Å². The van der Waals surface area contributed by atoms with E-state index in [2.05, 4.69) is 22.6 Å². The first kappa shape index (κ1) is 15.1. The van der Waals surface area contributed by atoms with E-state index in [1.165, 1.54) is 10.6 Å². The van der Waals surface area contributed by atoms with Crippen LogP contribution in [0.2, 0.25) is 0 Å². The Kier molecular flexibility index (Phi) is 4.79. The van der Waals surface area contributed by atoms with Gasteiger partial charge < -0.3 is 0 Å². The molecule has 0 bridgehead atoms. The highest BCUT2D eigenvalue weighted by Gasteiger charge is 2.28. The first-order valence-electron chi connectivity index (χ1n) is 6.00. The summed E-state index contributed by atoms with van der Waals surface area (Å²) in [7, 11) is -3.34. The lowest BCUT2D eigenvalue weighted by molar-refractivity contribution is 0.575. The van der Waals surface area contributed by atoms with Crippen LogP contribution in [0, 0.1) is 3.57 Å². The fourth-order valence-corrected chi connectivity index (χ4v) is 4.54. The molecule has 0 fully saturated rings. The van der Waals surface area contributed by atoms with E-state index in [9.17, 15) is 8.42 Å². The Morgan fingerprint density at radius 3 is 2.63 bits per heavy atom. The second-order valence-corrected chi connectivity index (χ2v) is 8.09. The average molecular weight is 412 g/mol. The van der Waals surface area contributed by atoms with E-state index in [0.29, 0.717) is 0 Å². The number of sulfonamides is 1. The molecular formula is C13H15ClINO2S. The van der Waals surface area contributed by atoms with Crippen LogP contribution >= 0.6 is 34.2 Å². The smallest absolute Gasteiger partial charge is 0.232 e. The van der Waals surface area contributed by atoms with E-state index in [-0.39, 0.29) is 6.04 Å². The minimum Gasteiger partial charge on any atom is -0.262 e. The molecule has 0 N–H and O–H groups in total. The van der Waals surface area contributed by atoms with E-state index >= 15 is 0 Å². The van der Waals surface area contributed by atoms with Crippen LogP contribution in [0.4, 0.5) is 5.69 Å². The molecule has 0 amide bonds. The third-order valence-electron chi connectivity index (χ3n) is 3.04. The van der Waals surface area contributed by atoms with Crippen molar-refractivity contribution in [2.75, 3.05) is 10.6 Å². The summed E-state index contributed by atoms with van der Waals surface area (Å²) >= 11 is 8.23. The van der Waals surface area contributed by atoms with Gasteiger partial charge in [0.05, 0.1) is 18.0 Å². The van der Waals surface area contributed by atoms with E-state index in [1.807, 2.05) is 30.3 Å². The van der Waals surface area contributed by atoms with Crippen molar-refractivity contribution in [2.24, 2.45) is 0 Å². The Labute approximate surface area is 132 Å². The van der Waals surface area contributed by atoms with Crippen LogP contribution in [-0.4, -0.2) is 20.7 Å². The number of hydrogen-bond donors (Lipinski definition) is 0. The third kappa shape index (κ3) is 3.64. The fourth-order valence-electron chi connectivity index (χ4n) is 2.27. The zero-order valence-electron chi connectivity index (χ0n) is 10.5. The molecule has 1 aliphatic carbocycles. The monoisotopic (exact) mass is 411 g/mol. The van der Waals surface area contributed by atoms with E-state index in [4.69, 9.17) is 11.6 Å². The lowest BCUT2D eigenvalue weighted by atomic mass is 10.0. The van der Waals surface area contributed by atoms with E-state index in [1.54, 1.807) is 0 Å². The molecule has 1 aromatic carbocycles. The van der Waals surface area contributed by atoms with Gasteiger partial charge in [0, 0.05) is 8.60 Å². The summed E-state index contributed by atoms with van der Waals surface area (Å²) in [6.07, 6.45) is 5.65. The van der Waals surface area contributed by atoms with Gasteiger partial charge in [0.2, 0.25) is 10.0 Å². The number of nitrogens with zero attached hydrogens (tertiary/aromatic N) is 1. The van der Waals surface area contributed by atoms with Crippen LogP contribution in [0.15, 0.2) is 35.4 Å². The summed E-state index contributed by atoms with van der Waals surface area (Å²) in [6.45, 7) is 0. The number of para-hydroxylation sites is 1. The Hall–Kier alpha value is -0.270. The molecule has 0 heterocycles. The maximum Gasteiger partial charge on any atom is 0.232 e. The van der Waals surface area contributed by atoms with Gasteiger partial charge in [-0.25, -0.2) is 8.42 Å². The number of anilines is 1. The molecule has 0 aliphatic heterocycles. The Morgan fingerprint density at radius 1 is 1.37 bits per heavy atom. The van der Waals surface area contributed by atoms with Gasteiger partial charge in [0.25, 0.3) is 0 Å². The van der Waals surface area contributed by atoms with Gasteiger partial charge in [0.1, 0.15) is 0 Å². The number of hydrogen-bond acceptors (Lipinski definition) is 2. The largest absolute Gasteiger partial charge is 0.262 e. The van der Waals surface area contributed by atoms with Crippen molar-refractivity contribution >= 4 is 49.9 Å². The number of benzene rings is 1. The highest BCUT2D eigenvalue weighted by atomic mass is 127. The van der Waals surface area contributed by atoms with Gasteiger partial charge in [0.15, 0.2) is 0 Å². The quantitative estimate of drug-likeness (QED) is 0.711. The van der Waals surface area contributed by atoms with Crippen molar-refractivity contribution < 1.29 is 8.42 Å². The molecule has 1 aromatic rings. The summed E-state index contributed by atoms with van der Waals surface area (Å²) in [5, 5.41) is 0.746. The Bertz CT molecular complexity index is 600. The summed E-state index contributed by atoms with van der Waals surface area (Å²) in [6, 6.07) is 7.30. The molecule has 6 heteroatoms. The van der Waals surface area contributed by atoms with Gasteiger partial charge in [-0.05, 0) is 60.1 Å². The summed E-state index contributed by atoms with van der Waals surface area (Å²) in [5.74, 6) is 0. The van der Waals surface area contributed by atoms with Crippen LogP contribution in [-0.2, 0) is 10.0 Å². The number of rotatable bonds is 3. The third-order valence-corrected chi connectivity index (χ3v) is 5.45. The first-order chi connectivity index (χ1) is 8.89. The van der Waals surface area contributed by atoms with Crippen molar-refractivity contribution in [3.05, 3.63) is 38.9 Å². The molecule has 19 heavy (non-hydrogen) atoms. The predicted molar refractivity (Wildman–Crippen MR) is 88.1 cm³/mol. The maximum absolute atomic E-state index is 12.1. The lowest BCUT2D eigenvalue weighted by Gasteiger charge is -2.32. The molecule has 104 valence electrons. The summed E-state index contributed by atoms with van der Waals surface area (Å²) in [4.78, 5) is 0. The van der Waals surface area contributed by atoms with Gasteiger partial charge >= 0.3 is 0 Å². The van der Waals surface area contributed by atoms with Gasteiger partial charge in [-0.1, -0.05) is 23.7 Å². The molecular weight excluding hydrogens is 397 g/mol. The lowest BCUT2D eigenvalue weighted by Crippen LogP contribution is -2.40. The highest BCUT2D eigenvalue weighted by molar-refractivity contribution is 14.1. The van der Waals surface area contributed by atoms with E-state index < -0.39 is 10.0 Å². The number of halogens is 2. The van der Waals surface area contributed by atoms with Crippen LogP contribution in [0.3, 0.4) is 0 Å². The molecule has 0 aromatic heterocycles. The van der Waals surface area contributed by atoms with E-state index in [0.717, 1.165) is 33.6 Å². The predicted octanol–water partition coefficient (Wildman–Crippen LogP) is 3.73. The molecule has 2 rings (SSSR count). The average Bonchev–Trinajstić information content (AvgIpc) is 2.30. The fraction of sp³-hybridized carbons (Fsp3) is 0.385. The molecule has 0 radical (unpaired) electrons. The zero-order chi connectivity index (χ0) is 14.0. The van der Waals surface area contributed by atoms with Crippen molar-refractivity contribution in [1.82, 2.24) is 0 Å². The zero-order valence-corrected chi connectivity index (χ0v) is 14.2. The summed E-state index contributed by atoms with van der Waals surface area (Å²) < 4.78 is 26.7.